The van der Waals surface area contributed by atoms with Crippen LogP contribution in [0.2, 0.25) is 0 Å². The van der Waals surface area contributed by atoms with Crippen LogP contribution in [0.1, 0.15) is 12.0 Å². The van der Waals surface area contributed by atoms with E-state index in [4.69, 9.17) is 10.00 Å². The van der Waals surface area contributed by atoms with Crippen LogP contribution < -0.4 is 10.6 Å². The first kappa shape index (κ1) is 15.5. The number of nitriles is 1. The van der Waals surface area contributed by atoms with Crippen LogP contribution in [0.4, 0.5) is 5.69 Å². The third kappa shape index (κ3) is 5.28. The number of hydrogen-bond acceptors (Lipinski definition) is 4. The molecule has 0 aliphatic carbocycles. The third-order valence-electron chi connectivity index (χ3n) is 2.41. The molecule has 1 rings (SSSR count). The average molecular weight is 326 g/mol. The molecule has 0 saturated heterocycles. The van der Waals surface area contributed by atoms with E-state index in [-0.39, 0.29) is 12.5 Å². The van der Waals surface area contributed by atoms with Gasteiger partial charge in [-0.1, -0.05) is 22.0 Å². The minimum absolute atomic E-state index is 0.140. The van der Waals surface area contributed by atoms with Gasteiger partial charge in [-0.3, -0.25) is 4.79 Å². The number of amides is 1. The number of carbonyl (C=O) groups is 1. The van der Waals surface area contributed by atoms with Crippen LogP contribution in [-0.4, -0.2) is 26.1 Å². The lowest BCUT2D eigenvalue weighted by Crippen LogP contribution is -2.30. The molecule has 102 valence electrons. The van der Waals surface area contributed by atoms with E-state index in [1.807, 2.05) is 24.3 Å². The maximum absolute atomic E-state index is 11.5. The standard InChI is InChI=1S/C13H16BrN3O2/c1-19-9-10-11(14)4-2-5-12(10)17-8-13(18)16-7-3-6-15/h2,4-5,17H,3,7-9H2,1H3,(H,16,18). The number of methoxy groups -OCH3 is 1. The van der Waals surface area contributed by atoms with E-state index in [2.05, 4.69) is 26.6 Å². The van der Waals surface area contributed by atoms with Crippen molar-refractivity contribution in [3.63, 3.8) is 0 Å². The second-order valence-electron chi connectivity index (χ2n) is 3.81. The molecule has 0 atom stereocenters. The van der Waals surface area contributed by atoms with E-state index in [0.29, 0.717) is 19.6 Å². The highest BCUT2D eigenvalue weighted by atomic mass is 79.9. The summed E-state index contributed by atoms with van der Waals surface area (Å²) in [5.41, 5.74) is 1.82. The maximum atomic E-state index is 11.5. The highest BCUT2D eigenvalue weighted by Gasteiger charge is 2.07. The summed E-state index contributed by atoms with van der Waals surface area (Å²) >= 11 is 3.45. The predicted octanol–water partition coefficient (Wildman–Crippen LogP) is 2.04. The molecule has 0 radical (unpaired) electrons. The molecule has 0 fully saturated rings. The largest absolute Gasteiger partial charge is 0.380 e. The summed E-state index contributed by atoms with van der Waals surface area (Å²) in [6.07, 6.45) is 0.317. The van der Waals surface area contributed by atoms with Gasteiger partial charge in [0.25, 0.3) is 0 Å². The Balaban J connectivity index is 2.55. The van der Waals surface area contributed by atoms with Crippen molar-refractivity contribution in [2.45, 2.75) is 13.0 Å². The maximum Gasteiger partial charge on any atom is 0.239 e. The Morgan fingerprint density at radius 3 is 3.00 bits per heavy atom. The van der Waals surface area contributed by atoms with Gasteiger partial charge in [-0.15, -0.1) is 0 Å². The Bertz CT molecular complexity index is 471. The number of halogens is 1. The first-order valence-corrected chi connectivity index (χ1v) is 6.62. The molecule has 6 heteroatoms. The van der Waals surface area contributed by atoms with E-state index in [1.165, 1.54) is 0 Å². The number of nitrogens with one attached hydrogen (secondary N) is 2. The predicted molar refractivity (Wildman–Crippen MR) is 76.6 cm³/mol. The molecular formula is C13H16BrN3O2. The van der Waals surface area contributed by atoms with Crippen molar-refractivity contribution in [2.75, 3.05) is 25.5 Å². The van der Waals surface area contributed by atoms with Crippen LogP contribution in [0, 0.1) is 11.3 Å². The van der Waals surface area contributed by atoms with Gasteiger partial charge in [0.05, 0.1) is 25.6 Å². The topological polar surface area (TPSA) is 74.2 Å². The Morgan fingerprint density at radius 2 is 2.32 bits per heavy atom. The van der Waals surface area contributed by atoms with E-state index in [1.54, 1.807) is 7.11 Å². The van der Waals surface area contributed by atoms with Crippen LogP contribution in [0.25, 0.3) is 0 Å². The normalized spacial score (nSPS) is 9.74. The quantitative estimate of drug-likeness (QED) is 0.752. The summed E-state index contributed by atoms with van der Waals surface area (Å²) in [5, 5.41) is 14.1. The minimum atomic E-state index is -0.140. The molecule has 2 N–H and O–H groups in total. The SMILES string of the molecule is COCc1c(Br)cccc1NCC(=O)NCCC#N. The average Bonchev–Trinajstić information content (AvgIpc) is 2.40. The van der Waals surface area contributed by atoms with Crippen molar-refractivity contribution in [1.82, 2.24) is 5.32 Å². The summed E-state index contributed by atoms with van der Waals surface area (Å²) in [6, 6.07) is 7.67. The van der Waals surface area contributed by atoms with Crippen molar-refractivity contribution in [3.05, 3.63) is 28.2 Å². The molecule has 1 aromatic carbocycles. The molecule has 1 aromatic rings. The number of nitrogens with zero attached hydrogens (tertiary/aromatic N) is 1. The zero-order valence-corrected chi connectivity index (χ0v) is 12.3. The molecule has 0 aliphatic rings. The summed E-state index contributed by atoms with van der Waals surface area (Å²) in [5.74, 6) is -0.140. The molecule has 0 saturated carbocycles. The lowest BCUT2D eigenvalue weighted by molar-refractivity contribution is -0.119. The smallest absolute Gasteiger partial charge is 0.239 e. The number of carbonyl (C=O) groups excluding carboxylic acids is 1. The molecule has 5 nitrogen and oxygen atoms in total. The zero-order chi connectivity index (χ0) is 14.1. The van der Waals surface area contributed by atoms with Crippen LogP contribution >= 0.6 is 15.9 Å². The molecule has 0 aromatic heterocycles. The summed E-state index contributed by atoms with van der Waals surface area (Å²) < 4.78 is 6.06. The first-order valence-electron chi connectivity index (χ1n) is 5.83. The van der Waals surface area contributed by atoms with Gasteiger partial charge < -0.3 is 15.4 Å². The van der Waals surface area contributed by atoms with Gasteiger partial charge in [-0.2, -0.15) is 5.26 Å². The lowest BCUT2D eigenvalue weighted by Gasteiger charge is -2.13. The summed E-state index contributed by atoms with van der Waals surface area (Å²) in [6.45, 7) is 0.999. The van der Waals surface area contributed by atoms with Gasteiger partial charge in [-0.05, 0) is 12.1 Å². The van der Waals surface area contributed by atoms with Crippen molar-refractivity contribution in [3.8, 4) is 6.07 Å². The molecule has 0 aliphatic heterocycles. The highest BCUT2D eigenvalue weighted by Crippen LogP contribution is 2.25. The van der Waals surface area contributed by atoms with Crippen LogP contribution in [-0.2, 0) is 16.1 Å². The van der Waals surface area contributed by atoms with Crippen molar-refractivity contribution < 1.29 is 9.53 Å². The monoisotopic (exact) mass is 325 g/mol. The van der Waals surface area contributed by atoms with Gasteiger partial charge in [-0.25, -0.2) is 0 Å². The van der Waals surface area contributed by atoms with Crippen molar-refractivity contribution in [1.29, 1.82) is 5.26 Å². The molecule has 19 heavy (non-hydrogen) atoms. The van der Waals surface area contributed by atoms with Gasteiger partial charge in [0.15, 0.2) is 0 Å². The fourth-order valence-electron chi connectivity index (χ4n) is 1.51. The van der Waals surface area contributed by atoms with Crippen molar-refractivity contribution in [2.24, 2.45) is 0 Å². The fraction of sp³-hybridized carbons (Fsp3) is 0.385. The number of hydrogen-bond donors (Lipinski definition) is 2. The van der Waals surface area contributed by atoms with Gasteiger partial charge in [0.1, 0.15) is 0 Å². The Hall–Kier alpha value is -1.58. The molecule has 1 amide bonds. The number of ether oxygens (including phenoxy) is 1. The van der Waals surface area contributed by atoms with E-state index < -0.39 is 0 Å². The molecule has 0 heterocycles. The molecule has 0 bridgehead atoms. The Labute approximate surface area is 121 Å². The Kier molecular flexibility index (Phi) is 6.93. The second-order valence-corrected chi connectivity index (χ2v) is 4.66. The summed E-state index contributed by atoms with van der Waals surface area (Å²) in [4.78, 5) is 11.5. The number of anilines is 1. The van der Waals surface area contributed by atoms with Crippen LogP contribution in [0.3, 0.4) is 0 Å². The highest BCUT2D eigenvalue weighted by molar-refractivity contribution is 9.10. The number of benzene rings is 1. The van der Waals surface area contributed by atoms with Gasteiger partial charge >= 0.3 is 0 Å². The lowest BCUT2D eigenvalue weighted by atomic mass is 10.2. The molecule has 0 unspecified atom stereocenters. The third-order valence-corrected chi connectivity index (χ3v) is 3.15. The van der Waals surface area contributed by atoms with Crippen LogP contribution in [0.5, 0.6) is 0 Å². The van der Waals surface area contributed by atoms with E-state index in [0.717, 1.165) is 15.7 Å². The van der Waals surface area contributed by atoms with Gasteiger partial charge in [0.2, 0.25) is 5.91 Å². The van der Waals surface area contributed by atoms with Crippen LogP contribution in [0.15, 0.2) is 22.7 Å². The van der Waals surface area contributed by atoms with E-state index in [9.17, 15) is 4.79 Å². The minimum Gasteiger partial charge on any atom is -0.380 e. The molecular weight excluding hydrogens is 310 g/mol. The van der Waals surface area contributed by atoms with Crippen molar-refractivity contribution >= 4 is 27.5 Å². The zero-order valence-electron chi connectivity index (χ0n) is 10.7. The van der Waals surface area contributed by atoms with E-state index >= 15 is 0 Å². The van der Waals surface area contributed by atoms with Gasteiger partial charge in [0, 0.05) is 29.4 Å². The summed E-state index contributed by atoms with van der Waals surface area (Å²) in [7, 11) is 1.62. The first-order chi connectivity index (χ1) is 9.19. The molecule has 0 spiro atoms. The Morgan fingerprint density at radius 1 is 1.53 bits per heavy atom. The number of rotatable bonds is 7. The fourth-order valence-corrected chi connectivity index (χ4v) is 1.99. The second kappa shape index (κ2) is 8.51.